The van der Waals surface area contributed by atoms with E-state index >= 15 is 0 Å². The molecule has 0 unspecified atom stereocenters. The number of rotatable bonds is 24. The van der Waals surface area contributed by atoms with Gasteiger partial charge in [0.25, 0.3) is 0 Å². The van der Waals surface area contributed by atoms with E-state index in [2.05, 4.69) is 13.2 Å². The molecule has 1 aliphatic carbocycles. The lowest BCUT2D eigenvalue weighted by molar-refractivity contribution is -0.145. The van der Waals surface area contributed by atoms with E-state index in [1.54, 1.807) is 0 Å². The second kappa shape index (κ2) is 28.2. The standard InChI is InChI=1S/C54H52O20/c1-5-45(55)67-27-7-9-29-69-47(57)33-11-15-35(16-12-33)49(59)71-39-23-25-43(41(31-39)53(63)65-3)73-51(61)37-19-21-38(22-20-37)52(62)74-44-26-24-40(32-42(44)54(64)66-4)72-50(60)36-17-13-34(14-18-36)48(58)70-30-10-8-28-68-46(56)6-2/h5-6,11-18,23-26,31-32,37-38H,1-2,7-10,19-22,27-30H2,3-4H3. The molecule has 4 aromatic rings. The zero-order valence-corrected chi connectivity index (χ0v) is 40.5. The highest BCUT2D eigenvalue weighted by Gasteiger charge is 2.34. The molecule has 74 heavy (non-hydrogen) atoms. The number of unbranched alkanes of at least 4 members (excludes halogenated alkanes) is 2. The minimum absolute atomic E-state index is 0.0706. The number of benzene rings is 4. The molecule has 1 saturated carbocycles. The quantitative estimate of drug-likeness (QED) is 0.0218. The molecule has 0 radical (unpaired) electrons. The van der Waals surface area contributed by atoms with Gasteiger partial charge in [0.2, 0.25) is 0 Å². The molecule has 388 valence electrons. The minimum atomic E-state index is -0.891. The highest BCUT2D eigenvalue weighted by Crippen LogP contribution is 2.34. The van der Waals surface area contributed by atoms with Gasteiger partial charge in [-0.05, 0) is 136 Å². The van der Waals surface area contributed by atoms with Crippen molar-refractivity contribution >= 4 is 59.7 Å². The Morgan fingerprint density at radius 2 is 0.730 bits per heavy atom. The van der Waals surface area contributed by atoms with E-state index in [0.29, 0.717) is 25.7 Å². The molecule has 4 aromatic carbocycles. The molecule has 0 aliphatic heterocycles. The van der Waals surface area contributed by atoms with Gasteiger partial charge in [0.05, 0.1) is 74.7 Å². The third-order valence-electron chi connectivity index (χ3n) is 11.0. The summed E-state index contributed by atoms with van der Waals surface area (Å²) in [5.41, 5.74) is 0.0606. The Balaban J connectivity index is 1.10. The fraction of sp³-hybridized carbons (Fsp3) is 0.296. The first-order chi connectivity index (χ1) is 35.6. The van der Waals surface area contributed by atoms with E-state index < -0.39 is 71.5 Å². The maximum Gasteiger partial charge on any atom is 0.343 e. The molecule has 0 heterocycles. The Kier molecular flexibility index (Phi) is 21.3. The molecular formula is C54H52O20. The monoisotopic (exact) mass is 1020 g/mol. The number of hydrogen-bond acceptors (Lipinski definition) is 20. The Hall–Kier alpha value is -8.94. The molecular weight excluding hydrogens is 969 g/mol. The molecule has 0 amide bonds. The van der Waals surface area contributed by atoms with Crippen LogP contribution in [0.25, 0.3) is 0 Å². The van der Waals surface area contributed by atoms with Gasteiger partial charge in [-0.2, -0.15) is 0 Å². The molecule has 1 fully saturated rings. The molecule has 20 nitrogen and oxygen atoms in total. The van der Waals surface area contributed by atoms with Crippen LogP contribution in [0.3, 0.4) is 0 Å². The van der Waals surface area contributed by atoms with Crippen LogP contribution in [0.4, 0.5) is 0 Å². The van der Waals surface area contributed by atoms with Crippen molar-refractivity contribution in [1.82, 2.24) is 0 Å². The van der Waals surface area contributed by atoms with Gasteiger partial charge in [0.15, 0.2) is 0 Å². The number of carbonyl (C=O) groups is 10. The molecule has 0 atom stereocenters. The number of carbonyl (C=O) groups excluding carboxylic acids is 10. The average Bonchev–Trinajstić information content (AvgIpc) is 3.42. The predicted octanol–water partition coefficient (Wildman–Crippen LogP) is 7.35. The van der Waals surface area contributed by atoms with E-state index in [4.69, 9.17) is 47.4 Å². The van der Waals surface area contributed by atoms with Crippen molar-refractivity contribution in [3.8, 4) is 23.0 Å². The normalized spacial score (nSPS) is 13.6. The smallest absolute Gasteiger partial charge is 0.343 e. The van der Waals surface area contributed by atoms with Gasteiger partial charge >= 0.3 is 59.7 Å². The van der Waals surface area contributed by atoms with Crippen LogP contribution in [0.1, 0.15) is 114 Å². The first-order valence-electron chi connectivity index (χ1n) is 23.1. The topological polar surface area (TPSA) is 263 Å². The zero-order chi connectivity index (χ0) is 53.6. The fourth-order valence-corrected chi connectivity index (χ4v) is 7.00. The Morgan fingerprint density at radius 3 is 1.04 bits per heavy atom. The molecule has 20 heteroatoms. The molecule has 5 rings (SSSR count). The van der Waals surface area contributed by atoms with Crippen molar-refractivity contribution < 1.29 is 95.3 Å². The molecule has 0 N–H and O–H groups in total. The van der Waals surface area contributed by atoms with Crippen LogP contribution in [-0.2, 0) is 47.6 Å². The summed E-state index contributed by atoms with van der Waals surface area (Å²) in [5, 5.41) is 0. The fourth-order valence-electron chi connectivity index (χ4n) is 7.00. The summed E-state index contributed by atoms with van der Waals surface area (Å²) in [6.45, 7) is 7.09. The number of hydrogen-bond donors (Lipinski definition) is 0. The highest BCUT2D eigenvalue weighted by atomic mass is 16.6. The van der Waals surface area contributed by atoms with Crippen LogP contribution < -0.4 is 18.9 Å². The summed E-state index contributed by atoms with van der Waals surface area (Å²) in [5.74, 6) is -9.01. The van der Waals surface area contributed by atoms with Crippen LogP contribution in [0.15, 0.2) is 110 Å². The molecule has 0 saturated heterocycles. The average molecular weight is 1020 g/mol. The van der Waals surface area contributed by atoms with Crippen LogP contribution in [0.2, 0.25) is 0 Å². The van der Waals surface area contributed by atoms with Crippen molar-refractivity contribution in [3.63, 3.8) is 0 Å². The van der Waals surface area contributed by atoms with Crippen LogP contribution in [-0.4, -0.2) is 100 Å². The van der Waals surface area contributed by atoms with E-state index in [9.17, 15) is 47.9 Å². The number of esters is 10. The zero-order valence-electron chi connectivity index (χ0n) is 40.5. The predicted molar refractivity (Wildman–Crippen MR) is 256 cm³/mol. The summed E-state index contributed by atoms with van der Waals surface area (Å²) in [7, 11) is 2.23. The van der Waals surface area contributed by atoms with Gasteiger partial charge in [-0.15, -0.1) is 0 Å². The van der Waals surface area contributed by atoms with Crippen molar-refractivity contribution in [2.45, 2.75) is 51.4 Å². The largest absolute Gasteiger partial charge is 0.465 e. The van der Waals surface area contributed by atoms with Crippen molar-refractivity contribution in [2.75, 3.05) is 40.6 Å². The van der Waals surface area contributed by atoms with Gasteiger partial charge in [0.1, 0.15) is 34.1 Å². The summed E-state index contributed by atoms with van der Waals surface area (Å²) in [6.07, 6.45) is 4.75. The lowest BCUT2D eigenvalue weighted by Crippen LogP contribution is -2.31. The second-order valence-electron chi connectivity index (χ2n) is 16.1. The highest BCUT2D eigenvalue weighted by molar-refractivity contribution is 5.98. The lowest BCUT2D eigenvalue weighted by Gasteiger charge is -2.26. The van der Waals surface area contributed by atoms with Gasteiger partial charge in [0, 0.05) is 12.2 Å². The Labute approximate surface area is 424 Å². The van der Waals surface area contributed by atoms with E-state index in [1.165, 1.54) is 84.9 Å². The molecule has 1 aliphatic rings. The van der Waals surface area contributed by atoms with Crippen LogP contribution in [0.5, 0.6) is 23.0 Å². The summed E-state index contributed by atoms with van der Waals surface area (Å²) >= 11 is 0. The summed E-state index contributed by atoms with van der Waals surface area (Å²) in [6, 6.07) is 18.4. The van der Waals surface area contributed by atoms with Gasteiger partial charge in [-0.1, -0.05) is 13.2 Å². The first kappa shape index (κ1) is 56.0. The van der Waals surface area contributed by atoms with Gasteiger partial charge < -0.3 is 47.4 Å². The maximum absolute atomic E-state index is 13.4. The van der Waals surface area contributed by atoms with E-state index in [0.717, 1.165) is 26.4 Å². The maximum atomic E-state index is 13.4. The van der Waals surface area contributed by atoms with Crippen molar-refractivity contribution in [2.24, 2.45) is 11.8 Å². The van der Waals surface area contributed by atoms with Crippen LogP contribution in [0, 0.1) is 11.8 Å². The van der Waals surface area contributed by atoms with Gasteiger partial charge in [-0.3, -0.25) is 9.59 Å². The van der Waals surface area contributed by atoms with E-state index in [1.807, 2.05) is 0 Å². The third-order valence-corrected chi connectivity index (χ3v) is 11.0. The SMILES string of the molecule is C=CC(=O)OCCCCOC(=O)c1ccc(C(=O)Oc2ccc(OC(=O)C3CCC(C(=O)Oc4ccc(OC(=O)c5ccc(C(=O)OCCCCOC(=O)C=C)cc5)cc4C(=O)OC)CC3)c(C(=O)OC)c2)cc1. The van der Waals surface area contributed by atoms with Crippen LogP contribution >= 0.6 is 0 Å². The number of ether oxygens (including phenoxy) is 10. The second-order valence-corrected chi connectivity index (χ2v) is 16.1. The van der Waals surface area contributed by atoms with Crippen molar-refractivity contribution in [3.05, 3.63) is 144 Å². The van der Waals surface area contributed by atoms with Gasteiger partial charge in [-0.25, -0.2) is 38.4 Å². The minimum Gasteiger partial charge on any atom is -0.465 e. The Morgan fingerprint density at radius 1 is 0.419 bits per heavy atom. The molecule has 0 spiro atoms. The molecule has 0 bridgehead atoms. The molecule has 0 aromatic heterocycles. The summed E-state index contributed by atoms with van der Waals surface area (Å²) < 4.78 is 52.1. The number of methoxy groups -OCH3 is 2. The van der Waals surface area contributed by atoms with Crippen molar-refractivity contribution in [1.29, 1.82) is 0 Å². The Bertz CT molecular complexity index is 2540. The summed E-state index contributed by atoms with van der Waals surface area (Å²) in [4.78, 5) is 125. The lowest BCUT2D eigenvalue weighted by atomic mass is 9.82. The van der Waals surface area contributed by atoms with E-state index in [-0.39, 0.29) is 108 Å². The first-order valence-corrected chi connectivity index (χ1v) is 23.1. The third kappa shape index (κ3) is 16.6.